The van der Waals surface area contributed by atoms with E-state index in [2.05, 4.69) is 15.6 Å². The average molecular weight is 497 g/mol. The molecule has 35 heavy (non-hydrogen) atoms. The van der Waals surface area contributed by atoms with Gasteiger partial charge in [0, 0.05) is 44.6 Å². The molecule has 3 aromatic rings. The molecule has 3 rings (SSSR count). The topological polar surface area (TPSA) is 121 Å². The molecule has 9 nitrogen and oxygen atoms in total. The first-order valence-electron chi connectivity index (χ1n) is 11.1. The van der Waals surface area contributed by atoms with Crippen LogP contribution in [0.25, 0.3) is 0 Å². The maximum absolute atomic E-state index is 13.4. The Morgan fingerprint density at radius 1 is 1.09 bits per heavy atom. The number of aromatic nitrogens is 1. The van der Waals surface area contributed by atoms with Gasteiger partial charge in [-0.05, 0) is 23.3 Å². The van der Waals surface area contributed by atoms with E-state index >= 15 is 0 Å². The van der Waals surface area contributed by atoms with E-state index in [9.17, 15) is 19.5 Å². The van der Waals surface area contributed by atoms with Crippen LogP contribution in [0, 0.1) is 0 Å². The van der Waals surface area contributed by atoms with Crippen LogP contribution < -0.4 is 10.6 Å². The molecule has 0 fully saturated rings. The van der Waals surface area contributed by atoms with Crippen molar-refractivity contribution in [2.45, 2.75) is 25.4 Å². The number of phenols is 1. The van der Waals surface area contributed by atoms with Crippen molar-refractivity contribution in [1.82, 2.24) is 15.2 Å². The third-order valence-corrected chi connectivity index (χ3v) is 5.82. The van der Waals surface area contributed by atoms with E-state index in [1.807, 2.05) is 30.3 Å². The first kappa shape index (κ1) is 25.9. The molecule has 3 N–H and O–H groups in total. The Bertz CT molecular complexity index is 1090. The van der Waals surface area contributed by atoms with Crippen molar-refractivity contribution in [3.05, 3.63) is 77.3 Å². The summed E-state index contributed by atoms with van der Waals surface area (Å²) in [4.78, 5) is 44.5. The number of carbonyl (C=O) groups is 3. The van der Waals surface area contributed by atoms with E-state index in [-0.39, 0.29) is 49.4 Å². The Morgan fingerprint density at radius 3 is 2.49 bits per heavy atom. The maximum atomic E-state index is 13.4. The van der Waals surface area contributed by atoms with Gasteiger partial charge in [-0.15, -0.1) is 11.3 Å². The van der Waals surface area contributed by atoms with E-state index in [4.69, 9.17) is 4.74 Å². The summed E-state index contributed by atoms with van der Waals surface area (Å²) >= 11 is 1.29. The Labute approximate surface area is 207 Å². The molecule has 1 atom stereocenters. The van der Waals surface area contributed by atoms with Crippen LogP contribution in [-0.4, -0.2) is 53.0 Å². The van der Waals surface area contributed by atoms with Crippen molar-refractivity contribution in [3.8, 4) is 5.75 Å². The zero-order valence-corrected chi connectivity index (χ0v) is 20.2. The second-order valence-corrected chi connectivity index (χ2v) is 8.57. The lowest BCUT2D eigenvalue weighted by molar-refractivity contribution is -0.142. The van der Waals surface area contributed by atoms with Gasteiger partial charge >= 0.3 is 0 Å². The smallest absolute Gasteiger partial charge is 0.247 e. The molecule has 0 spiro atoms. The fraction of sp³-hybridized carbons (Fsp3) is 0.280. The van der Waals surface area contributed by atoms with Crippen LogP contribution in [0.5, 0.6) is 5.75 Å². The number of rotatable bonds is 12. The number of carbonyl (C=O) groups excluding carboxylic acids is 3. The molecule has 2 aromatic carbocycles. The highest BCUT2D eigenvalue weighted by atomic mass is 32.1. The van der Waals surface area contributed by atoms with Gasteiger partial charge in [0.2, 0.25) is 17.7 Å². The monoisotopic (exact) mass is 496 g/mol. The third kappa shape index (κ3) is 7.90. The summed E-state index contributed by atoms with van der Waals surface area (Å²) in [6.07, 6.45) is 1.43. The summed E-state index contributed by atoms with van der Waals surface area (Å²) in [5.41, 5.74) is 1.37. The molecule has 0 saturated carbocycles. The Morgan fingerprint density at radius 2 is 1.83 bits per heavy atom. The Kier molecular flexibility index (Phi) is 9.76. The number of methoxy groups -OCH3 is 1. The van der Waals surface area contributed by atoms with Gasteiger partial charge in [-0.2, -0.15) is 0 Å². The predicted octanol–water partition coefficient (Wildman–Crippen LogP) is 3.10. The SMILES string of the molecule is COCCNC(=O)[C@H](c1ccc(O)cc1)N(Cc1ccccc1)C(=O)CCC(=O)Nc1nccs1. The van der Waals surface area contributed by atoms with Crippen molar-refractivity contribution in [2.75, 3.05) is 25.6 Å². The van der Waals surface area contributed by atoms with Crippen molar-refractivity contribution in [2.24, 2.45) is 0 Å². The quantitative estimate of drug-likeness (QED) is 0.332. The van der Waals surface area contributed by atoms with Gasteiger partial charge < -0.3 is 25.4 Å². The zero-order valence-electron chi connectivity index (χ0n) is 19.3. The maximum Gasteiger partial charge on any atom is 0.247 e. The average Bonchev–Trinajstić information content (AvgIpc) is 3.37. The molecular formula is C25H28N4O5S. The molecule has 0 radical (unpaired) electrons. The molecule has 0 aliphatic heterocycles. The molecule has 0 saturated heterocycles. The van der Waals surface area contributed by atoms with E-state index in [0.717, 1.165) is 5.56 Å². The van der Waals surface area contributed by atoms with Crippen molar-refractivity contribution in [3.63, 3.8) is 0 Å². The summed E-state index contributed by atoms with van der Waals surface area (Å²) < 4.78 is 5.03. The van der Waals surface area contributed by atoms with Crippen LogP contribution in [-0.2, 0) is 25.7 Å². The number of anilines is 1. The third-order valence-electron chi connectivity index (χ3n) is 5.13. The number of thiazole rings is 1. The molecule has 184 valence electrons. The lowest BCUT2D eigenvalue weighted by Gasteiger charge is -2.31. The second kappa shape index (κ2) is 13.2. The zero-order chi connectivity index (χ0) is 25.0. The predicted molar refractivity (Wildman–Crippen MR) is 133 cm³/mol. The van der Waals surface area contributed by atoms with Crippen molar-refractivity contribution < 1.29 is 24.2 Å². The number of ether oxygens (including phenoxy) is 1. The van der Waals surface area contributed by atoms with Crippen LogP contribution in [0.1, 0.15) is 30.0 Å². The minimum absolute atomic E-state index is 0.0482. The second-order valence-electron chi connectivity index (χ2n) is 7.67. The number of aromatic hydroxyl groups is 1. The number of benzene rings is 2. The summed E-state index contributed by atoms with van der Waals surface area (Å²) in [6, 6.07) is 14.5. The Balaban J connectivity index is 1.85. The van der Waals surface area contributed by atoms with Crippen molar-refractivity contribution in [1.29, 1.82) is 0 Å². The van der Waals surface area contributed by atoms with Gasteiger partial charge in [0.05, 0.1) is 6.61 Å². The first-order chi connectivity index (χ1) is 17.0. The number of hydrogen-bond donors (Lipinski definition) is 3. The van der Waals surface area contributed by atoms with Crippen LogP contribution >= 0.6 is 11.3 Å². The molecule has 1 heterocycles. The van der Waals surface area contributed by atoms with Crippen LogP contribution in [0.3, 0.4) is 0 Å². The highest BCUT2D eigenvalue weighted by molar-refractivity contribution is 7.13. The van der Waals surface area contributed by atoms with E-state index < -0.39 is 6.04 Å². The number of nitrogens with one attached hydrogen (secondary N) is 2. The van der Waals surface area contributed by atoms with E-state index in [1.165, 1.54) is 35.5 Å². The lowest BCUT2D eigenvalue weighted by atomic mass is 10.0. The fourth-order valence-electron chi connectivity index (χ4n) is 3.44. The highest BCUT2D eigenvalue weighted by Gasteiger charge is 2.31. The van der Waals surface area contributed by atoms with Gasteiger partial charge in [0.15, 0.2) is 5.13 Å². The summed E-state index contributed by atoms with van der Waals surface area (Å²) in [5, 5.41) is 17.4. The highest BCUT2D eigenvalue weighted by Crippen LogP contribution is 2.26. The minimum Gasteiger partial charge on any atom is -0.508 e. The molecule has 1 aromatic heterocycles. The number of amides is 3. The van der Waals surface area contributed by atoms with Gasteiger partial charge in [-0.1, -0.05) is 42.5 Å². The van der Waals surface area contributed by atoms with Crippen LogP contribution in [0.2, 0.25) is 0 Å². The first-order valence-corrected chi connectivity index (χ1v) is 11.9. The lowest BCUT2D eigenvalue weighted by Crippen LogP contribution is -2.44. The summed E-state index contributed by atoms with van der Waals surface area (Å²) in [5.74, 6) is -1.03. The summed E-state index contributed by atoms with van der Waals surface area (Å²) in [7, 11) is 1.53. The van der Waals surface area contributed by atoms with E-state index in [1.54, 1.807) is 23.7 Å². The number of phenolic OH excluding ortho intramolecular Hbond substituents is 1. The molecule has 0 unspecified atom stereocenters. The largest absolute Gasteiger partial charge is 0.508 e. The fourth-order valence-corrected chi connectivity index (χ4v) is 3.98. The number of hydrogen-bond acceptors (Lipinski definition) is 7. The molecule has 0 aliphatic carbocycles. The van der Waals surface area contributed by atoms with Gasteiger partial charge in [-0.25, -0.2) is 4.98 Å². The molecule has 0 aliphatic rings. The van der Waals surface area contributed by atoms with Crippen LogP contribution in [0.15, 0.2) is 66.2 Å². The van der Waals surface area contributed by atoms with E-state index in [0.29, 0.717) is 17.3 Å². The molecule has 10 heteroatoms. The van der Waals surface area contributed by atoms with Crippen molar-refractivity contribution >= 4 is 34.2 Å². The number of nitrogens with zero attached hydrogens (tertiary/aromatic N) is 2. The Hall–Kier alpha value is -3.76. The molecule has 0 bridgehead atoms. The van der Waals surface area contributed by atoms with Gasteiger partial charge in [-0.3, -0.25) is 14.4 Å². The standard InChI is InChI=1S/C25H28N4O5S/c1-34-15-13-26-24(33)23(19-7-9-20(30)10-8-19)29(17-18-5-3-2-4-6-18)22(32)12-11-21(31)28-25-27-14-16-35-25/h2-10,14,16,23,30H,11-13,15,17H2,1H3,(H,26,33)(H,27,28,31)/t23-/m0/s1. The van der Waals surface area contributed by atoms with Crippen LogP contribution in [0.4, 0.5) is 5.13 Å². The van der Waals surface area contributed by atoms with Gasteiger partial charge in [0.25, 0.3) is 0 Å². The summed E-state index contributed by atoms with van der Waals surface area (Å²) in [6.45, 7) is 0.752. The molecule has 3 amide bonds. The van der Waals surface area contributed by atoms with Gasteiger partial charge in [0.1, 0.15) is 11.8 Å². The minimum atomic E-state index is -0.970. The normalized spacial score (nSPS) is 11.5. The molecular weight excluding hydrogens is 468 g/mol.